The van der Waals surface area contributed by atoms with E-state index in [1.165, 1.54) is 26.0 Å². The number of likely N-dealkylation sites (tertiary alicyclic amines) is 3. The van der Waals surface area contributed by atoms with E-state index in [0.29, 0.717) is 102 Å². The molecule has 3 fully saturated rings. The number of carbonyl (C=O) groups excluding carboxylic acids is 6. The molecule has 0 spiro atoms. The number of thiazole rings is 1. The summed E-state index contributed by atoms with van der Waals surface area (Å²) in [4.78, 5) is 76.8. The Kier molecular flexibility index (Phi) is 13.1. The number of nitrogens with one attached hydrogen (secondary N) is 1. The van der Waals surface area contributed by atoms with Crippen LogP contribution in [-0.4, -0.2) is 90.1 Å². The number of rotatable bonds is 9. The molecule has 246 valence electrons. The van der Waals surface area contributed by atoms with E-state index in [0.717, 1.165) is 11.3 Å². The smallest absolute Gasteiger partial charge is 0.229 e. The van der Waals surface area contributed by atoms with Crippen LogP contribution in [0.4, 0.5) is 0 Å². The minimum atomic E-state index is -0.109. The molecule has 1 N–H and O–H groups in total. The first kappa shape index (κ1) is 34.6. The fourth-order valence-corrected chi connectivity index (χ4v) is 5.77. The average molecular weight is 674 g/mol. The number of amides is 6. The Balaban J connectivity index is 0.000000157. The summed E-state index contributed by atoms with van der Waals surface area (Å²) in [5, 5.41) is 12.3. The normalized spacial score (nSPS) is 17.1. The number of hydrogen-bond acceptors (Lipinski definition) is 11. The minimum Gasteiger partial charge on any atom is -0.360 e. The van der Waals surface area contributed by atoms with Crippen molar-refractivity contribution in [1.29, 1.82) is 0 Å². The zero-order valence-corrected chi connectivity index (χ0v) is 26.9. The Labute approximate surface area is 274 Å². The van der Waals surface area contributed by atoms with E-state index < -0.39 is 0 Å². The third-order valence-electron chi connectivity index (χ3n) is 7.52. The highest BCUT2D eigenvalue weighted by atomic mass is 35.5. The van der Waals surface area contributed by atoms with Crippen LogP contribution in [-0.2, 0) is 48.0 Å². The van der Waals surface area contributed by atoms with Crippen molar-refractivity contribution in [2.75, 3.05) is 19.6 Å². The standard InChI is InChI=1S/C10H11ClN2O3.C10H13N3O2.C10H12N2O2S/c11-8-6-7(16-12-8)4-5-13-9(14)2-1-3-10(13)15;14-9-2-1-3-10(15)13(9)5-4-8-6-11-12-7-8;13-9-2-1-3-10(14)12(9)5-4-8-6-15-7-11-8/h6H,1-5H2;6-7H,1-5H2,(H,11,12);6-7H,1-5H2. The van der Waals surface area contributed by atoms with Crippen LogP contribution < -0.4 is 0 Å². The zero-order valence-electron chi connectivity index (χ0n) is 25.3. The number of H-pyrrole nitrogens is 1. The molecule has 0 atom stereocenters. The monoisotopic (exact) mass is 673 g/mol. The zero-order chi connectivity index (χ0) is 32.9. The van der Waals surface area contributed by atoms with Crippen LogP contribution in [0, 0.1) is 0 Å². The van der Waals surface area contributed by atoms with Crippen molar-refractivity contribution >= 4 is 58.4 Å². The summed E-state index contributed by atoms with van der Waals surface area (Å²) >= 11 is 7.12. The fourth-order valence-electron chi connectivity index (χ4n) is 5.02. The van der Waals surface area contributed by atoms with Gasteiger partial charge in [-0.15, -0.1) is 11.3 Å². The molecule has 0 aromatic carbocycles. The van der Waals surface area contributed by atoms with Crippen molar-refractivity contribution in [1.82, 2.24) is 35.0 Å². The number of aromatic amines is 1. The van der Waals surface area contributed by atoms with Gasteiger partial charge in [-0.1, -0.05) is 16.8 Å². The van der Waals surface area contributed by atoms with Gasteiger partial charge >= 0.3 is 0 Å². The molecule has 3 aliphatic rings. The molecule has 14 nitrogen and oxygen atoms in total. The molecule has 3 aliphatic heterocycles. The maximum Gasteiger partial charge on any atom is 0.229 e. The lowest BCUT2D eigenvalue weighted by Gasteiger charge is -2.24. The molecular formula is C30H36ClN7O7S. The Morgan fingerprint density at radius 2 is 1.24 bits per heavy atom. The number of aromatic nitrogens is 4. The maximum atomic E-state index is 11.5. The summed E-state index contributed by atoms with van der Waals surface area (Å²) in [6.45, 7) is 1.28. The number of imide groups is 3. The van der Waals surface area contributed by atoms with E-state index in [4.69, 9.17) is 16.1 Å². The summed E-state index contributed by atoms with van der Waals surface area (Å²) < 4.78 is 4.89. The molecule has 6 rings (SSSR count). The van der Waals surface area contributed by atoms with E-state index in [9.17, 15) is 28.8 Å². The van der Waals surface area contributed by atoms with Crippen molar-refractivity contribution in [3.63, 3.8) is 0 Å². The van der Waals surface area contributed by atoms with Gasteiger partial charge in [-0.2, -0.15) is 5.10 Å². The van der Waals surface area contributed by atoms with Crippen LogP contribution >= 0.6 is 22.9 Å². The molecular weight excluding hydrogens is 638 g/mol. The van der Waals surface area contributed by atoms with Gasteiger partial charge in [-0.3, -0.25) is 48.6 Å². The quantitative estimate of drug-likeness (QED) is 0.332. The molecule has 0 unspecified atom stereocenters. The van der Waals surface area contributed by atoms with Gasteiger partial charge in [0.25, 0.3) is 0 Å². The number of hydrogen-bond donors (Lipinski definition) is 1. The molecule has 6 amide bonds. The van der Waals surface area contributed by atoms with E-state index in [1.54, 1.807) is 24.0 Å². The van der Waals surface area contributed by atoms with E-state index in [2.05, 4.69) is 20.3 Å². The van der Waals surface area contributed by atoms with Crippen LogP contribution in [0.25, 0.3) is 0 Å². The first-order valence-electron chi connectivity index (χ1n) is 15.2. The molecule has 0 saturated carbocycles. The van der Waals surface area contributed by atoms with Gasteiger partial charge in [0.05, 0.1) is 17.4 Å². The van der Waals surface area contributed by atoms with E-state index in [-0.39, 0.29) is 40.6 Å². The number of nitrogens with zero attached hydrogens (tertiary/aromatic N) is 6. The van der Waals surface area contributed by atoms with Gasteiger partial charge in [0, 0.05) is 88.6 Å². The third kappa shape index (κ3) is 10.4. The molecule has 16 heteroatoms. The molecule has 0 radical (unpaired) electrons. The number of piperidine rings is 3. The van der Waals surface area contributed by atoms with E-state index in [1.807, 2.05) is 5.38 Å². The highest BCUT2D eigenvalue weighted by molar-refractivity contribution is 7.07. The molecule has 6 heterocycles. The maximum absolute atomic E-state index is 11.5. The van der Waals surface area contributed by atoms with Crippen LogP contribution in [0.1, 0.15) is 74.8 Å². The van der Waals surface area contributed by atoms with Crippen molar-refractivity contribution < 1.29 is 33.3 Å². The second-order valence-electron chi connectivity index (χ2n) is 10.8. The average Bonchev–Trinajstić information content (AvgIpc) is 3.82. The van der Waals surface area contributed by atoms with Crippen LogP contribution in [0.2, 0.25) is 5.15 Å². The summed E-state index contributed by atoms with van der Waals surface area (Å²) in [6.07, 6.45) is 10.2. The fraction of sp³-hybridized carbons (Fsp3) is 0.500. The molecule has 3 aromatic rings. The number of carbonyl (C=O) groups is 6. The molecule has 0 bridgehead atoms. The Bertz CT molecular complexity index is 1370. The van der Waals surface area contributed by atoms with Gasteiger partial charge in [-0.25, -0.2) is 4.98 Å². The molecule has 3 saturated heterocycles. The topological polar surface area (TPSA) is 180 Å². The second-order valence-corrected chi connectivity index (χ2v) is 11.9. The Morgan fingerprint density at radius 3 is 1.65 bits per heavy atom. The van der Waals surface area contributed by atoms with Crippen LogP contribution in [0.3, 0.4) is 0 Å². The lowest BCUT2D eigenvalue weighted by Crippen LogP contribution is -2.41. The van der Waals surface area contributed by atoms with Crippen molar-refractivity contribution in [3.8, 4) is 0 Å². The van der Waals surface area contributed by atoms with Crippen molar-refractivity contribution in [3.05, 3.63) is 51.5 Å². The SMILES string of the molecule is O=C1CCCC(=O)N1CCc1cc(Cl)no1.O=C1CCCC(=O)N1CCc1cn[nH]c1.O=C1CCCC(=O)N1CCc1cscn1. The lowest BCUT2D eigenvalue weighted by molar-refractivity contribution is -0.149. The van der Waals surface area contributed by atoms with Gasteiger partial charge in [0.1, 0.15) is 5.76 Å². The van der Waals surface area contributed by atoms with Gasteiger partial charge in [0.2, 0.25) is 35.4 Å². The van der Waals surface area contributed by atoms with Crippen molar-refractivity contribution in [2.24, 2.45) is 0 Å². The predicted molar refractivity (Wildman–Crippen MR) is 165 cm³/mol. The number of halogens is 1. The molecule has 3 aromatic heterocycles. The Morgan fingerprint density at radius 1 is 0.739 bits per heavy atom. The van der Waals surface area contributed by atoms with Crippen LogP contribution in [0.5, 0.6) is 0 Å². The van der Waals surface area contributed by atoms with Crippen molar-refractivity contribution in [2.45, 2.75) is 77.0 Å². The molecule has 46 heavy (non-hydrogen) atoms. The molecule has 0 aliphatic carbocycles. The summed E-state index contributed by atoms with van der Waals surface area (Å²) in [5.74, 6) is 0.187. The Hall–Kier alpha value is -4.24. The first-order valence-corrected chi connectivity index (χ1v) is 16.5. The van der Waals surface area contributed by atoms with E-state index >= 15 is 0 Å². The van der Waals surface area contributed by atoms with Gasteiger partial charge in [-0.05, 0) is 31.2 Å². The summed E-state index contributed by atoms with van der Waals surface area (Å²) in [5.41, 5.74) is 3.72. The van der Waals surface area contributed by atoms with Gasteiger partial charge in [0.15, 0.2) is 5.15 Å². The largest absolute Gasteiger partial charge is 0.360 e. The lowest BCUT2D eigenvalue weighted by atomic mass is 10.1. The third-order valence-corrected chi connectivity index (χ3v) is 8.33. The minimum absolute atomic E-state index is 0.0403. The van der Waals surface area contributed by atoms with Crippen LogP contribution in [0.15, 0.2) is 33.9 Å². The summed E-state index contributed by atoms with van der Waals surface area (Å²) in [7, 11) is 0. The highest BCUT2D eigenvalue weighted by Gasteiger charge is 2.27. The second kappa shape index (κ2) is 17.5. The first-order chi connectivity index (χ1) is 22.2. The highest BCUT2D eigenvalue weighted by Crippen LogP contribution is 2.16. The summed E-state index contributed by atoms with van der Waals surface area (Å²) in [6, 6.07) is 1.58. The van der Waals surface area contributed by atoms with Gasteiger partial charge < -0.3 is 4.52 Å². The predicted octanol–water partition coefficient (Wildman–Crippen LogP) is 3.13.